The molecule has 2 aromatic rings. The molecule has 3 rings (SSSR count). The quantitative estimate of drug-likeness (QED) is 0.665. The smallest absolute Gasteiger partial charge is 0.337 e. The molecular weight excluding hydrogens is 402 g/mol. The first-order valence-electron chi connectivity index (χ1n) is 8.95. The van der Waals surface area contributed by atoms with E-state index < -0.39 is 16.0 Å². The summed E-state index contributed by atoms with van der Waals surface area (Å²) in [5.74, 6) is -0.610. The molecule has 1 fully saturated rings. The highest BCUT2D eigenvalue weighted by molar-refractivity contribution is 7.89. The third-order valence-corrected chi connectivity index (χ3v) is 7.08. The summed E-state index contributed by atoms with van der Waals surface area (Å²) in [6, 6.07) is 14.0. The maximum Gasteiger partial charge on any atom is 0.337 e. The fraction of sp³-hybridized carbons (Fsp3) is 0.350. The van der Waals surface area contributed by atoms with E-state index in [-0.39, 0.29) is 21.6 Å². The fourth-order valence-electron chi connectivity index (χ4n) is 3.11. The van der Waals surface area contributed by atoms with Gasteiger partial charge in [0.2, 0.25) is 10.0 Å². The molecule has 0 radical (unpaired) electrons. The zero-order chi connectivity index (χ0) is 20.1. The molecule has 1 heterocycles. The van der Waals surface area contributed by atoms with Crippen LogP contribution in [-0.4, -0.2) is 45.0 Å². The molecule has 1 aliphatic heterocycles. The van der Waals surface area contributed by atoms with Crippen molar-refractivity contribution < 1.29 is 22.7 Å². The predicted molar refractivity (Wildman–Crippen MR) is 106 cm³/mol. The Hall–Kier alpha value is -1.93. The van der Waals surface area contributed by atoms with Crippen LogP contribution in [0.4, 0.5) is 0 Å². The lowest BCUT2D eigenvalue weighted by Crippen LogP contribution is -2.40. The molecule has 8 heteroatoms. The van der Waals surface area contributed by atoms with Gasteiger partial charge in [-0.2, -0.15) is 4.31 Å². The van der Waals surface area contributed by atoms with Gasteiger partial charge < -0.3 is 9.47 Å². The Bertz CT molecular complexity index is 925. The van der Waals surface area contributed by atoms with Gasteiger partial charge in [0.1, 0.15) is 4.90 Å². The van der Waals surface area contributed by atoms with E-state index in [1.165, 1.54) is 29.6 Å². The summed E-state index contributed by atoms with van der Waals surface area (Å²) in [5, 5.41) is 0.0788. The number of halogens is 1. The van der Waals surface area contributed by atoms with Crippen molar-refractivity contribution in [1.29, 1.82) is 0 Å². The molecule has 28 heavy (non-hydrogen) atoms. The molecule has 150 valence electrons. The lowest BCUT2D eigenvalue weighted by atomic mass is 10.1. The number of carbonyl (C=O) groups is 1. The number of rotatable bonds is 6. The summed E-state index contributed by atoms with van der Waals surface area (Å²) in [7, 11) is -2.57. The second-order valence-electron chi connectivity index (χ2n) is 6.54. The molecule has 2 aromatic carbocycles. The van der Waals surface area contributed by atoms with Crippen LogP contribution < -0.4 is 0 Å². The summed E-state index contributed by atoms with van der Waals surface area (Å²) >= 11 is 6.11. The zero-order valence-corrected chi connectivity index (χ0v) is 17.1. The van der Waals surface area contributed by atoms with Crippen molar-refractivity contribution in [2.24, 2.45) is 0 Å². The van der Waals surface area contributed by atoms with E-state index in [1.54, 1.807) is 0 Å². The first kappa shape index (κ1) is 20.8. The van der Waals surface area contributed by atoms with Crippen LogP contribution in [-0.2, 0) is 26.1 Å². The van der Waals surface area contributed by atoms with E-state index in [4.69, 9.17) is 16.3 Å². The molecule has 1 aliphatic rings. The topological polar surface area (TPSA) is 72.9 Å². The Balaban J connectivity index is 1.65. The van der Waals surface area contributed by atoms with Crippen LogP contribution in [0.15, 0.2) is 53.4 Å². The van der Waals surface area contributed by atoms with E-state index in [0.29, 0.717) is 32.5 Å². The van der Waals surface area contributed by atoms with E-state index in [1.807, 2.05) is 30.3 Å². The number of carbonyl (C=O) groups excluding carboxylic acids is 1. The molecule has 0 spiro atoms. The van der Waals surface area contributed by atoms with E-state index in [0.717, 1.165) is 5.56 Å². The number of methoxy groups -OCH3 is 1. The molecule has 0 atom stereocenters. The number of sulfonamides is 1. The predicted octanol–water partition coefficient (Wildman–Crippen LogP) is 3.50. The minimum Gasteiger partial charge on any atom is -0.465 e. The maximum absolute atomic E-state index is 13.0. The van der Waals surface area contributed by atoms with Crippen molar-refractivity contribution in [3.8, 4) is 0 Å². The number of hydrogen-bond acceptors (Lipinski definition) is 5. The summed E-state index contributed by atoms with van der Waals surface area (Å²) in [5.41, 5.74) is 1.23. The van der Waals surface area contributed by atoms with E-state index >= 15 is 0 Å². The SMILES string of the molecule is COC(=O)c1ccc(Cl)c(S(=O)(=O)N2CCC(OCc3ccccc3)CC2)c1. The Morgan fingerprint density at radius 3 is 2.46 bits per heavy atom. The molecule has 0 aliphatic carbocycles. The minimum absolute atomic E-state index is 0.00327. The zero-order valence-electron chi connectivity index (χ0n) is 15.5. The van der Waals surface area contributed by atoms with Crippen molar-refractivity contribution in [3.63, 3.8) is 0 Å². The summed E-state index contributed by atoms with van der Waals surface area (Å²) in [6.07, 6.45) is 1.20. The van der Waals surface area contributed by atoms with Gasteiger partial charge in [0, 0.05) is 13.1 Å². The van der Waals surface area contributed by atoms with Crippen molar-refractivity contribution in [2.75, 3.05) is 20.2 Å². The molecule has 0 bridgehead atoms. The first-order valence-corrected chi connectivity index (χ1v) is 10.8. The minimum atomic E-state index is -3.81. The molecule has 0 N–H and O–H groups in total. The van der Waals surface area contributed by atoms with Gasteiger partial charge in [0.25, 0.3) is 0 Å². The molecule has 0 unspecified atom stereocenters. The van der Waals surface area contributed by atoms with E-state index in [2.05, 4.69) is 4.74 Å². The van der Waals surface area contributed by atoms with Crippen LogP contribution >= 0.6 is 11.6 Å². The summed E-state index contributed by atoms with van der Waals surface area (Å²) in [6.45, 7) is 1.17. The average molecular weight is 424 g/mol. The van der Waals surface area contributed by atoms with Gasteiger partial charge in [-0.25, -0.2) is 13.2 Å². The highest BCUT2D eigenvalue weighted by atomic mass is 35.5. The number of piperidine rings is 1. The van der Waals surface area contributed by atoms with Crippen LogP contribution in [0, 0.1) is 0 Å². The third-order valence-electron chi connectivity index (χ3n) is 4.70. The van der Waals surface area contributed by atoms with Crippen molar-refractivity contribution in [1.82, 2.24) is 4.31 Å². The number of nitrogens with zero attached hydrogens (tertiary/aromatic N) is 1. The Kier molecular flexibility index (Phi) is 6.72. The van der Waals surface area contributed by atoms with Crippen molar-refractivity contribution >= 4 is 27.6 Å². The Labute approximate surface area is 170 Å². The lowest BCUT2D eigenvalue weighted by Gasteiger charge is -2.31. The number of benzene rings is 2. The molecule has 6 nitrogen and oxygen atoms in total. The molecular formula is C20H22ClNO5S. The number of esters is 1. The monoisotopic (exact) mass is 423 g/mol. The van der Waals surface area contributed by atoms with Gasteiger partial charge in [-0.05, 0) is 36.6 Å². The van der Waals surface area contributed by atoms with Gasteiger partial charge in [-0.1, -0.05) is 41.9 Å². The van der Waals surface area contributed by atoms with Crippen LogP contribution in [0.3, 0.4) is 0 Å². The van der Waals surface area contributed by atoms with Gasteiger partial charge in [-0.3, -0.25) is 0 Å². The summed E-state index contributed by atoms with van der Waals surface area (Å²) in [4.78, 5) is 11.6. The first-order chi connectivity index (χ1) is 13.4. The molecule has 1 saturated heterocycles. The molecule has 0 aromatic heterocycles. The average Bonchev–Trinajstić information content (AvgIpc) is 2.73. The second kappa shape index (κ2) is 9.05. The largest absolute Gasteiger partial charge is 0.465 e. The summed E-state index contributed by atoms with van der Waals surface area (Å²) < 4.78 is 38.0. The lowest BCUT2D eigenvalue weighted by molar-refractivity contribution is 0.0102. The van der Waals surface area contributed by atoms with Gasteiger partial charge in [-0.15, -0.1) is 0 Å². The second-order valence-corrected chi connectivity index (χ2v) is 8.85. The number of ether oxygens (including phenoxy) is 2. The van der Waals surface area contributed by atoms with Crippen LogP contribution in [0.2, 0.25) is 5.02 Å². The van der Waals surface area contributed by atoms with Gasteiger partial charge in [0.15, 0.2) is 0 Å². The van der Waals surface area contributed by atoms with Crippen molar-refractivity contribution in [3.05, 3.63) is 64.7 Å². The van der Waals surface area contributed by atoms with Crippen molar-refractivity contribution in [2.45, 2.75) is 30.4 Å². The standard InChI is InChI=1S/C20H22ClNO5S/c1-26-20(23)16-7-8-18(21)19(13-16)28(24,25)22-11-9-17(10-12-22)27-14-15-5-3-2-4-6-15/h2-8,13,17H,9-12,14H2,1H3. The van der Waals surface area contributed by atoms with Gasteiger partial charge in [0.05, 0.1) is 30.4 Å². The Morgan fingerprint density at radius 1 is 1.14 bits per heavy atom. The maximum atomic E-state index is 13.0. The Morgan fingerprint density at radius 2 is 1.82 bits per heavy atom. The van der Waals surface area contributed by atoms with Gasteiger partial charge >= 0.3 is 5.97 Å². The fourth-order valence-corrected chi connectivity index (χ4v) is 5.08. The normalized spacial score (nSPS) is 16.1. The molecule has 0 saturated carbocycles. The van der Waals surface area contributed by atoms with Crippen LogP contribution in [0.1, 0.15) is 28.8 Å². The van der Waals surface area contributed by atoms with E-state index in [9.17, 15) is 13.2 Å². The highest BCUT2D eigenvalue weighted by Gasteiger charge is 2.31. The van der Waals surface area contributed by atoms with Crippen LogP contribution in [0.25, 0.3) is 0 Å². The highest BCUT2D eigenvalue weighted by Crippen LogP contribution is 2.28. The number of hydrogen-bond donors (Lipinski definition) is 0. The third kappa shape index (κ3) is 4.72. The molecule has 0 amide bonds. The van der Waals surface area contributed by atoms with Crippen LogP contribution in [0.5, 0.6) is 0 Å².